The maximum absolute atomic E-state index is 13.2. The summed E-state index contributed by atoms with van der Waals surface area (Å²) in [7, 11) is -3.70. The van der Waals surface area contributed by atoms with Gasteiger partial charge in [0, 0.05) is 48.8 Å². The Hall–Kier alpha value is -3.04. The summed E-state index contributed by atoms with van der Waals surface area (Å²) in [6, 6.07) is 10.4. The molecular formula is C24H26FN3O4S. The largest absolute Gasteiger partial charge is 0.344 e. The molecule has 0 saturated carbocycles. The summed E-state index contributed by atoms with van der Waals surface area (Å²) in [6.07, 6.45) is 2.88. The minimum atomic E-state index is -3.70. The van der Waals surface area contributed by atoms with E-state index >= 15 is 0 Å². The first-order valence-corrected chi connectivity index (χ1v) is 12.3. The zero-order valence-electron chi connectivity index (χ0n) is 18.6. The van der Waals surface area contributed by atoms with Gasteiger partial charge in [-0.1, -0.05) is 12.1 Å². The molecule has 1 aromatic carbocycles. The molecule has 1 saturated heterocycles. The van der Waals surface area contributed by atoms with Crippen molar-refractivity contribution in [1.29, 1.82) is 0 Å². The Balaban J connectivity index is 1.59. The van der Waals surface area contributed by atoms with E-state index in [0.29, 0.717) is 25.2 Å². The van der Waals surface area contributed by atoms with Gasteiger partial charge in [-0.15, -0.1) is 0 Å². The fraction of sp³-hybridized carbons (Fsp3) is 0.333. The van der Waals surface area contributed by atoms with Gasteiger partial charge in [0.1, 0.15) is 5.82 Å². The molecule has 0 atom stereocenters. The zero-order valence-corrected chi connectivity index (χ0v) is 19.4. The number of hydrogen-bond donors (Lipinski definition) is 0. The van der Waals surface area contributed by atoms with E-state index in [0.717, 1.165) is 34.4 Å². The molecule has 33 heavy (non-hydrogen) atoms. The Kier molecular flexibility index (Phi) is 6.36. The molecule has 7 nitrogen and oxygen atoms in total. The van der Waals surface area contributed by atoms with Crippen LogP contribution < -0.4 is 5.56 Å². The second-order valence-electron chi connectivity index (χ2n) is 8.36. The normalized spacial score (nSPS) is 14.6. The molecule has 3 heterocycles. The number of carbonyl (C=O) groups is 1. The monoisotopic (exact) mass is 471 g/mol. The maximum atomic E-state index is 13.2. The Morgan fingerprint density at radius 1 is 1.03 bits per heavy atom. The Morgan fingerprint density at radius 3 is 2.36 bits per heavy atom. The summed E-state index contributed by atoms with van der Waals surface area (Å²) >= 11 is 0. The smallest absolute Gasteiger partial charge is 0.251 e. The molecule has 4 rings (SSSR count). The number of hydrogen-bond acceptors (Lipinski definition) is 4. The van der Waals surface area contributed by atoms with Crippen LogP contribution in [0.3, 0.4) is 0 Å². The van der Waals surface area contributed by atoms with E-state index in [1.807, 2.05) is 18.4 Å². The van der Waals surface area contributed by atoms with Crippen LogP contribution in [0.4, 0.5) is 4.39 Å². The van der Waals surface area contributed by atoms with E-state index in [4.69, 9.17) is 0 Å². The van der Waals surface area contributed by atoms with Crippen molar-refractivity contribution in [2.75, 3.05) is 13.1 Å². The van der Waals surface area contributed by atoms with E-state index in [-0.39, 0.29) is 23.0 Å². The maximum Gasteiger partial charge on any atom is 0.251 e. The quantitative estimate of drug-likeness (QED) is 0.496. The first kappa shape index (κ1) is 23.1. The number of sulfonamides is 1. The van der Waals surface area contributed by atoms with Crippen LogP contribution in [0.25, 0.3) is 0 Å². The third-order valence-electron chi connectivity index (χ3n) is 6.10. The van der Waals surface area contributed by atoms with Crippen molar-refractivity contribution in [1.82, 2.24) is 13.4 Å². The first-order chi connectivity index (χ1) is 15.7. The van der Waals surface area contributed by atoms with Crippen LogP contribution in [0.1, 0.15) is 40.2 Å². The van der Waals surface area contributed by atoms with Gasteiger partial charge in [0.25, 0.3) is 5.56 Å². The van der Waals surface area contributed by atoms with Crippen LogP contribution in [-0.4, -0.2) is 40.7 Å². The van der Waals surface area contributed by atoms with E-state index in [1.54, 1.807) is 18.2 Å². The molecule has 0 radical (unpaired) electrons. The number of carbonyl (C=O) groups excluding carboxylic acids is 1. The molecule has 0 aliphatic carbocycles. The predicted molar refractivity (Wildman–Crippen MR) is 122 cm³/mol. The molecule has 0 N–H and O–H groups in total. The molecule has 2 aromatic heterocycles. The zero-order chi connectivity index (χ0) is 23.8. The Labute approximate surface area is 192 Å². The van der Waals surface area contributed by atoms with Crippen LogP contribution in [0.5, 0.6) is 0 Å². The molecule has 1 aliphatic rings. The van der Waals surface area contributed by atoms with Crippen molar-refractivity contribution in [3.05, 3.63) is 87.3 Å². The van der Waals surface area contributed by atoms with Gasteiger partial charge < -0.3 is 9.13 Å². The Morgan fingerprint density at radius 2 is 1.70 bits per heavy atom. The lowest BCUT2D eigenvalue weighted by atomic mass is 10.1. The fourth-order valence-corrected chi connectivity index (χ4v) is 5.74. The van der Waals surface area contributed by atoms with Crippen molar-refractivity contribution in [3.8, 4) is 0 Å². The van der Waals surface area contributed by atoms with Crippen molar-refractivity contribution in [2.24, 2.45) is 0 Å². The molecule has 0 unspecified atom stereocenters. The number of rotatable bonds is 7. The highest BCUT2D eigenvalue weighted by atomic mass is 32.2. The number of benzene rings is 1. The topological polar surface area (TPSA) is 81.4 Å². The number of ketones is 1. The summed E-state index contributed by atoms with van der Waals surface area (Å²) in [5, 5.41) is 0. The van der Waals surface area contributed by atoms with Gasteiger partial charge in [-0.3, -0.25) is 9.59 Å². The number of halogens is 1. The fourth-order valence-electron chi connectivity index (χ4n) is 4.20. The SMILES string of the molecule is Cc1cc(C(=O)Cn2cc(S(=O)(=O)N3CCCC3)ccc2=O)c(C)n1Cc1ccc(F)cc1. The van der Waals surface area contributed by atoms with Crippen molar-refractivity contribution < 1.29 is 17.6 Å². The summed E-state index contributed by atoms with van der Waals surface area (Å²) in [6.45, 7) is 4.84. The average Bonchev–Trinajstić information content (AvgIpc) is 3.42. The average molecular weight is 472 g/mol. The van der Waals surface area contributed by atoms with Crippen molar-refractivity contribution in [2.45, 2.75) is 44.7 Å². The summed E-state index contributed by atoms with van der Waals surface area (Å²) in [5.41, 5.74) is 2.51. The van der Waals surface area contributed by atoms with Crippen molar-refractivity contribution in [3.63, 3.8) is 0 Å². The third-order valence-corrected chi connectivity index (χ3v) is 7.98. The van der Waals surface area contributed by atoms with E-state index < -0.39 is 15.6 Å². The van der Waals surface area contributed by atoms with Gasteiger partial charge in [-0.05, 0) is 56.5 Å². The summed E-state index contributed by atoms with van der Waals surface area (Å²) < 4.78 is 43.4. The van der Waals surface area contributed by atoms with Crippen LogP contribution >= 0.6 is 0 Å². The van der Waals surface area contributed by atoms with Gasteiger partial charge in [0.15, 0.2) is 5.78 Å². The van der Waals surface area contributed by atoms with E-state index in [2.05, 4.69) is 0 Å². The van der Waals surface area contributed by atoms with Gasteiger partial charge in [-0.25, -0.2) is 12.8 Å². The van der Waals surface area contributed by atoms with Crippen LogP contribution in [-0.2, 0) is 23.1 Å². The first-order valence-electron chi connectivity index (χ1n) is 10.8. The number of aryl methyl sites for hydroxylation is 1. The minimum absolute atomic E-state index is 0.0126. The standard InChI is InChI=1S/C24H26FN3O4S/c1-17-13-22(18(2)28(17)14-19-5-7-20(25)8-6-19)23(29)16-26-15-21(9-10-24(26)30)33(31,32)27-11-3-4-12-27/h5-10,13,15H,3-4,11-12,14,16H2,1-2H3. The highest BCUT2D eigenvalue weighted by Crippen LogP contribution is 2.21. The van der Waals surface area contributed by atoms with Crippen LogP contribution in [0.15, 0.2) is 58.4 Å². The molecule has 1 fully saturated rings. The number of aromatic nitrogens is 2. The minimum Gasteiger partial charge on any atom is -0.344 e. The number of nitrogens with zero attached hydrogens (tertiary/aromatic N) is 3. The van der Waals surface area contributed by atoms with Gasteiger partial charge in [0.2, 0.25) is 10.0 Å². The van der Waals surface area contributed by atoms with Crippen LogP contribution in [0, 0.1) is 19.7 Å². The lowest BCUT2D eigenvalue weighted by Gasteiger charge is -2.16. The van der Waals surface area contributed by atoms with Gasteiger partial charge in [0.05, 0.1) is 11.4 Å². The second-order valence-corrected chi connectivity index (χ2v) is 10.3. The number of Topliss-reactive ketones (excluding diaryl/α,β-unsaturated/α-hetero) is 1. The lowest BCUT2D eigenvalue weighted by Crippen LogP contribution is -2.30. The highest BCUT2D eigenvalue weighted by Gasteiger charge is 2.28. The van der Waals surface area contributed by atoms with E-state index in [9.17, 15) is 22.4 Å². The highest BCUT2D eigenvalue weighted by molar-refractivity contribution is 7.89. The lowest BCUT2D eigenvalue weighted by molar-refractivity contribution is 0.0969. The van der Waals surface area contributed by atoms with Gasteiger partial charge >= 0.3 is 0 Å². The van der Waals surface area contributed by atoms with Crippen molar-refractivity contribution >= 4 is 15.8 Å². The molecule has 3 aromatic rings. The summed E-state index contributed by atoms with van der Waals surface area (Å²) in [4.78, 5) is 25.5. The predicted octanol–water partition coefficient (Wildman–Crippen LogP) is 3.12. The summed E-state index contributed by atoms with van der Waals surface area (Å²) in [5.74, 6) is -0.596. The molecule has 0 bridgehead atoms. The van der Waals surface area contributed by atoms with E-state index in [1.165, 1.54) is 34.8 Å². The third kappa shape index (κ3) is 4.69. The number of pyridine rings is 1. The van der Waals surface area contributed by atoms with Crippen LogP contribution in [0.2, 0.25) is 0 Å². The molecule has 0 amide bonds. The van der Waals surface area contributed by atoms with Gasteiger partial charge in [-0.2, -0.15) is 4.31 Å². The second kappa shape index (κ2) is 9.07. The molecule has 0 spiro atoms. The molecule has 174 valence electrons. The Bertz CT molecular complexity index is 1350. The molecule has 1 aliphatic heterocycles. The molecule has 9 heteroatoms. The molecular weight excluding hydrogens is 445 g/mol.